The molecule has 0 aromatic heterocycles. The summed E-state index contributed by atoms with van der Waals surface area (Å²) in [5, 5.41) is 5.26. The van der Waals surface area contributed by atoms with Gasteiger partial charge in [0, 0.05) is 0 Å². The van der Waals surface area contributed by atoms with Crippen molar-refractivity contribution < 1.29 is 18.8 Å². The van der Waals surface area contributed by atoms with E-state index in [4.69, 9.17) is 0 Å². The van der Waals surface area contributed by atoms with Gasteiger partial charge in [-0.15, -0.1) is 0 Å². The fourth-order valence-corrected chi connectivity index (χ4v) is 3.73. The molecule has 1 heterocycles. The second-order valence-electron chi connectivity index (χ2n) is 6.87. The van der Waals surface area contributed by atoms with Crippen molar-refractivity contribution in [3.05, 3.63) is 30.1 Å². The van der Waals surface area contributed by atoms with Crippen LogP contribution in [-0.2, 0) is 9.59 Å². The van der Waals surface area contributed by atoms with Gasteiger partial charge in [-0.05, 0) is 37.8 Å². The van der Waals surface area contributed by atoms with Crippen LogP contribution in [0.4, 0.5) is 14.9 Å². The average Bonchev–Trinajstić information content (AvgIpc) is 2.83. The van der Waals surface area contributed by atoms with Crippen LogP contribution in [0.1, 0.15) is 39.5 Å². The number of hydrogen-bond acceptors (Lipinski definition) is 3. The molecule has 25 heavy (non-hydrogen) atoms. The second kappa shape index (κ2) is 6.46. The molecule has 4 amide bonds. The highest BCUT2D eigenvalue weighted by atomic mass is 19.1. The summed E-state index contributed by atoms with van der Waals surface area (Å²) in [5.41, 5.74) is -0.894. The molecule has 1 aliphatic heterocycles. The smallest absolute Gasteiger partial charge is 0.323 e. The van der Waals surface area contributed by atoms with E-state index >= 15 is 0 Å². The third-order valence-corrected chi connectivity index (χ3v) is 5.35. The van der Waals surface area contributed by atoms with Gasteiger partial charge in [-0.2, -0.15) is 0 Å². The Balaban J connectivity index is 1.79. The van der Waals surface area contributed by atoms with Crippen molar-refractivity contribution in [3.63, 3.8) is 0 Å². The number of rotatable bonds is 3. The molecule has 0 unspecified atom stereocenters. The molecule has 1 aliphatic carbocycles. The lowest BCUT2D eigenvalue weighted by Gasteiger charge is -2.37. The van der Waals surface area contributed by atoms with Gasteiger partial charge in [0.25, 0.3) is 5.91 Å². The van der Waals surface area contributed by atoms with Crippen molar-refractivity contribution >= 4 is 23.5 Å². The van der Waals surface area contributed by atoms with Gasteiger partial charge in [-0.1, -0.05) is 31.9 Å². The van der Waals surface area contributed by atoms with E-state index in [0.717, 1.165) is 24.2 Å². The lowest BCUT2D eigenvalue weighted by atomic mass is 9.73. The molecular weight excluding hydrogens is 325 g/mol. The summed E-state index contributed by atoms with van der Waals surface area (Å²) in [4.78, 5) is 38.8. The van der Waals surface area contributed by atoms with Crippen LogP contribution in [-0.4, -0.2) is 34.3 Å². The minimum absolute atomic E-state index is 0.0181. The topological polar surface area (TPSA) is 78.5 Å². The molecule has 1 saturated carbocycles. The number of amides is 4. The normalized spacial score (nSPS) is 27.3. The minimum Gasteiger partial charge on any atom is -0.323 e. The molecular formula is C18H22FN3O3. The third-order valence-electron chi connectivity index (χ3n) is 5.35. The Hall–Kier alpha value is -2.44. The number of nitrogens with one attached hydrogen (secondary N) is 2. The van der Waals surface area contributed by atoms with Gasteiger partial charge >= 0.3 is 6.03 Å². The van der Waals surface area contributed by atoms with Crippen LogP contribution >= 0.6 is 0 Å². The van der Waals surface area contributed by atoms with E-state index in [1.807, 2.05) is 6.92 Å². The molecule has 0 bridgehead atoms. The number of urea groups is 1. The maximum atomic E-state index is 13.7. The number of benzene rings is 1. The summed E-state index contributed by atoms with van der Waals surface area (Å²) in [6, 6.07) is 4.18. The second-order valence-corrected chi connectivity index (χ2v) is 6.87. The monoisotopic (exact) mass is 347 g/mol. The van der Waals surface area contributed by atoms with Crippen LogP contribution in [0, 0.1) is 11.7 Å². The van der Waals surface area contributed by atoms with Crippen molar-refractivity contribution in [2.45, 2.75) is 51.1 Å². The number of para-hydroxylation sites is 1. The summed E-state index contributed by atoms with van der Waals surface area (Å²) in [6.45, 7) is 3.42. The number of anilines is 1. The lowest BCUT2D eigenvalue weighted by Crippen LogP contribution is -2.54. The lowest BCUT2D eigenvalue weighted by molar-refractivity contribution is -0.138. The van der Waals surface area contributed by atoms with Gasteiger partial charge in [0.05, 0.1) is 5.69 Å². The first-order valence-corrected chi connectivity index (χ1v) is 8.58. The highest BCUT2D eigenvalue weighted by Crippen LogP contribution is 2.38. The Bertz CT molecular complexity index is 723. The summed E-state index contributed by atoms with van der Waals surface area (Å²) in [6.07, 6.45) is 3.32. The standard InChI is InChI=1S/C18H22FN3O3/c1-11-7-5-6-10-18(11)16(24)22(17(25)21-18)12(2)15(23)20-14-9-4-3-8-13(14)19/h3-4,8-9,11-12H,5-7,10H2,1-2H3,(H,20,23)(H,21,25)/t11-,12+,18-/m1/s1. The van der Waals surface area contributed by atoms with E-state index in [1.165, 1.54) is 25.1 Å². The Morgan fingerprint density at radius 3 is 2.76 bits per heavy atom. The van der Waals surface area contributed by atoms with E-state index in [0.29, 0.717) is 6.42 Å². The zero-order valence-electron chi connectivity index (χ0n) is 14.3. The molecule has 6 nitrogen and oxygen atoms in total. The molecule has 1 spiro atoms. The van der Waals surface area contributed by atoms with Crippen molar-refractivity contribution in [3.8, 4) is 0 Å². The van der Waals surface area contributed by atoms with Crippen LogP contribution < -0.4 is 10.6 Å². The Kier molecular flexibility index (Phi) is 4.49. The van der Waals surface area contributed by atoms with Gasteiger partial charge in [-0.3, -0.25) is 9.59 Å². The SMILES string of the molecule is C[C@@H]1CCCC[C@@]12NC(=O)N([C@@H](C)C(=O)Nc1ccccc1F)C2=O. The number of halogens is 1. The number of hydrogen-bond donors (Lipinski definition) is 2. The van der Waals surface area contributed by atoms with E-state index in [-0.39, 0.29) is 17.5 Å². The van der Waals surface area contributed by atoms with E-state index in [9.17, 15) is 18.8 Å². The van der Waals surface area contributed by atoms with Gasteiger partial charge < -0.3 is 10.6 Å². The molecule has 2 fully saturated rings. The van der Waals surface area contributed by atoms with Crippen LogP contribution in [0.3, 0.4) is 0 Å². The van der Waals surface area contributed by atoms with Gasteiger partial charge in [0.1, 0.15) is 17.4 Å². The summed E-state index contributed by atoms with van der Waals surface area (Å²) in [5.74, 6) is -1.52. The molecule has 1 aromatic rings. The molecule has 1 aromatic carbocycles. The van der Waals surface area contributed by atoms with Gasteiger partial charge in [0.2, 0.25) is 5.91 Å². The summed E-state index contributed by atoms with van der Waals surface area (Å²) >= 11 is 0. The molecule has 7 heteroatoms. The number of nitrogens with zero attached hydrogens (tertiary/aromatic N) is 1. The van der Waals surface area contributed by atoms with E-state index in [2.05, 4.69) is 10.6 Å². The molecule has 3 atom stereocenters. The molecule has 1 saturated heterocycles. The molecule has 134 valence electrons. The van der Waals surface area contributed by atoms with Gasteiger partial charge in [-0.25, -0.2) is 14.1 Å². The summed E-state index contributed by atoms with van der Waals surface area (Å²) < 4.78 is 13.7. The Labute approximate surface area is 145 Å². The van der Waals surface area contributed by atoms with Crippen LogP contribution in [0.15, 0.2) is 24.3 Å². The zero-order chi connectivity index (χ0) is 18.2. The molecule has 2 aliphatic rings. The maximum Gasteiger partial charge on any atom is 0.325 e. The zero-order valence-corrected chi connectivity index (χ0v) is 14.3. The fourth-order valence-electron chi connectivity index (χ4n) is 3.73. The van der Waals surface area contributed by atoms with Crippen molar-refractivity contribution in [2.24, 2.45) is 5.92 Å². The highest BCUT2D eigenvalue weighted by molar-refractivity contribution is 6.11. The third kappa shape index (κ3) is 2.88. The number of carbonyl (C=O) groups is 3. The Morgan fingerprint density at radius 1 is 1.36 bits per heavy atom. The molecule has 3 rings (SSSR count). The Morgan fingerprint density at radius 2 is 2.08 bits per heavy atom. The quantitative estimate of drug-likeness (QED) is 0.825. The fraction of sp³-hybridized carbons (Fsp3) is 0.500. The van der Waals surface area contributed by atoms with Crippen molar-refractivity contribution in [2.75, 3.05) is 5.32 Å². The minimum atomic E-state index is -1.03. The largest absolute Gasteiger partial charge is 0.325 e. The summed E-state index contributed by atoms with van der Waals surface area (Å²) in [7, 11) is 0. The van der Waals surface area contributed by atoms with Crippen LogP contribution in [0.2, 0.25) is 0 Å². The molecule has 2 N–H and O–H groups in total. The maximum absolute atomic E-state index is 13.7. The van der Waals surface area contributed by atoms with E-state index < -0.39 is 29.3 Å². The van der Waals surface area contributed by atoms with Crippen molar-refractivity contribution in [1.29, 1.82) is 0 Å². The van der Waals surface area contributed by atoms with Gasteiger partial charge in [0.15, 0.2) is 0 Å². The first-order chi connectivity index (χ1) is 11.9. The predicted octanol–water partition coefficient (Wildman–Crippen LogP) is 2.65. The van der Waals surface area contributed by atoms with Crippen LogP contribution in [0.25, 0.3) is 0 Å². The predicted molar refractivity (Wildman–Crippen MR) is 90.2 cm³/mol. The van der Waals surface area contributed by atoms with Crippen molar-refractivity contribution in [1.82, 2.24) is 10.2 Å². The van der Waals surface area contributed by atoms with Crippen LogP contribution in [0.5, 0.6) is 0 Å². The average molecular weight is 347 g/mol. The number of carbonyl (C=O) groups excluding carboxylic acids is 3. The highest BCUT2D eigenvalue weighted by Gasteiger charge is 2.56. The van der Waals surface area contributed by atoms with E-state index in [1.54, 1.807) is 6.07 Å². The first-order valence-electron chi connectivity index (χ1n) is 8.58. The number of imide groups is 1. The molecule has 0 radical (unpaired) electrons. The first kappa shape index (κ1) is 17.4.